The second kappa shape index (κ2) is 6.97. The lowest BCUT2D eigenvalue weighted by atomic mass is 10.1. The third-order valence-electron chi connectivity index (χ3n) is 6.32. The van der Waals surface area contributed by atoms with Crippen molar-refractivity contribution in [1.29, 1.82) is 0 Å². The molecular formula is C19H26N4O2S2. The smallest absolute Gasteiger partial charge is 0.151 e. The summed E-state index contributed by atoms with van der Waals surface area (Å²) in [6.45, 7) is 3.65. The summed E-state index contributed by atoms with van der Waals surface area (Å²) in [7, 11) is -2.82. The number of thiophene rings is 1. The van der Waals surface area contributed by atoms with Crippen molar-refractivity contribution in [3.05, 3.63) is 16.8 Å². The number of hydrogen-bond acceptors (Lipinski definition) is 7. The first kappa shape index (κ1) is 17.8. The Morgan fingerprint density at radius 1 is 1.04 bits per heavy atom. The van der Waals surface area contributed by atoms with Gasteiger partial charge in [0.05, 0.1) is 16.9 Å². The maximum absolute atomic E-state index is 11.8. The number of nitrogens with zero attached hydrogens (tertiary/aromatic N) is 4. The van der Waals surface area contributed by atoms with Gasteiger partial charge in [-0.1, -0.05) is 6.42 Å². The van der Waals surface area contributed by atoms with E-state index in [0.717, 1.165) is 49.7 Å². The Bertz CT molecular complexity index is 948. The normalized spacial score (nSPS) is 26.2. The van der Waals surface area contributed by atoms with Gasteiger partial charge in [0, 0.05) is 37.1 Å². The van der Waals surface area contributed by atoms with Gasteiger partial charge in [0.25, 0.3) is 0 Å². The number of rotatable bonds is 2. The van der Waals surface area contributed by atoms with Crippen molar-refractivity contribution < 1.29 is 8.42 Å². The van der Waals surface area contributed by atoms with Crippen LogP contribution in [0.3, 0.4) is 0 Å². The van der Waals surface area contributed by atoms with Crippen molar-refractivity contribution in [2.24, 2.45) is 0 Å². The Hall–Kier alpha value is -1.25. The van der Waals surface area contributed by atoms with Gasteiger partial charge in [-0.05, 0) is 37.7 Å². The predicted octanol–water partition coefficient (Wildman–Crippen LogP) is 2.27. The summed E-state index contributed by atoms with van der Waals surface area (Å²) in [5.41, 5.74) is 1.49. The van der Waals surface area contributed by atoms with Crippen LogP contribution in [-0.4, -0.2) is 67.0 Å². The van der Waals surface area contributed by atoms with Crippen LogP contribution >= 0.6 is 11.3 Å². The maximum atomic E-state index is 11.8. The molecule has 2 aromatic rings. The van der Waals surface area contributed by atoms with E-state index in [-0.39, 0.29) is 6.04 Å². The van der Waals surface area contributed by atoms with Crippen LogP contribution in [0, 0.1) is 0 Å². The van der Waals surface area contributed by atoms with Crippen LogP contribution in [0.15, 0.2) is 6.33 Å². The van der Waals surface area contributed by atoms with E-state index in [1.807, 2.05) is 11.3 Å². The molecule has 8 heteroatoms. The van der Waals surface area contributed by atoms with Gasteiger partial charge in [-0.25, -0.2) is 18.4 Å². The summed E-state index contributed by atoms with van der Waals surface area (Å²) in [5.74, 6) is 1.78. The first-order valence-electron chi connectivity index (χ1n) is 10.1. The zero-order chi connectivity index (χ0) is 18.4. The van der Waals surface area contributed by atoms with Crippen LogP contribution in [-0.2, 0) is 22.7 Å². The number of hydrogen-bond donors (Lipinski definition) is 0. The van der Waals surface area contributed by atoms with Gasteiger partial charge >= 0.3 is 0 Å². The summed E-state index contributed by atoms with van der Waals surface area (Å²) in [4.78, 5) is 16.7. The minimum Gasteiger partial charge on any atom is -0.353 e. The molecule has 0 amide bonds. The molecule has 0 saturated carbocycles. The molecule has 6 nitrogen and oxygen atoms in total. The van der Waals surface area contributed by atoms with Gasteiger partial charge < -0.3 is 4.90 Å². The average Bonchev–Trinajstić information content (AvgIpc) is 3.12. The molecule has 0 aromatic carbocycles. The SMILES string of the molecule is O=S1(=O)CC[C@H](N2CCN(c3ncnc4sc5c(c34)CCCCC5)CC2)C1. The minimum absolute atomic E-state index is 0.208. The Morgan fingerprint density at radius 3 is 2.63 bits per heavy atom. The number of aromatic nitrogens is 2. The molecule has 2 aromatic heterocycles. The summed E-state index contributed by atoms with van der Waals surface area (Å²) < 4.78 is 23.6. The molecule has 0 spiro atoms. The first-order chi connectivity index (χ1) is 13.1. The van der Waals surface area contributed by atoms with Crippen LogP contribution in [0.25, 0.3) is 10.2 Å². The van der Waals surface area contributed by atoms with Crippen molar-refractivity contribution in [2.75, 3.05) is 42.6 Å². The van der Waals surface area contributed by atoms with E-state index >= 15 is 0 Å². The molecule has 2 fully saturated rings. The van der Waals surface area contributed by atoms with E-state index in [1.165, 1.54) is 41.5 Å². The van der Waals surface area contributed by atoms with Gasteiger partial charge in [-0.2, -0.15) is 0 Å². The van der Waals surface area contributed by atoms with Crippen molar-refractivity contribution in [3.8, 4) is 0 Å². The van der Waals surface area contributed by atoms with E-state index in [2.05, 4.69) is 14.8 Å². The summed E-state index contributed by atoms with van der Waals surface area (Å²) in [6, 6.07) is 0.208. The summed E-state index contributed by atoms with van der Waals surface area (Å²) in [5, 5.41) is 1.29. The summed E-state index contributed by atoms with van der Waals surface area (Å²) >= 11 is 1.86. The van der Waals surface area contributed by atoms with Gasteiger partial charge in [0.15, 0.2) is 9.84 Å². The second-order valence-electron chi connectivity index (χ2n) is 8.02. The fourth-order valence-corrected chi connectivity index (χ4v) is 7.84. The molecule has 2 aliphatic heterocycles. The zero-order valence-corrected chi connectivity index (χ0v) is 17.2. The zero-order valence-electron chi connectivity index (χ0n) is 15.6. The lowest BCUT2D eigenvalue weighted by Gasteiger charge is -2.38. The van der Waals surface area contributed by atoms with E-state index in [4.69, 9.17) is 4.98 Å². The molecule has 2 saturated heterocycles. The first-order valence-corrected chi connectivity index (χ1v) is 12.7. The molecule has 1 atom stereocenters. The van der Waals surface area contributed by atoms with Crippen molar-refractivity contribution in [3.63, 3.8) is 0 Å². The number of anilines is 1. The Balaban J connectivity index is 1.38. The second-order valence-corrected chi connectivity index (χ2v) is 11.3. The molecule has 0 bridgehead atoms. The summed E-state index contributed by atoms with van der Waals surface area (Å²) in [6.07, 6.45) is 8.69. The van der Waals surface area contributed by atoms with Crippen LogP contribution in [0.5, 0.6) is 0 Å². The van der Waals surface area contributed by atoms with Crippen molar-refractivity contribution >= 4 is 37.2 Å². The number of piperazine rings is 1. The number of fused-ring (bicyclic) bond motifs is 3. The van der Waals surface area contributed by atoms with E-state index < -0.39 is 9.84 Å². The Labute approximate surface area is 164 Å². The van der Waals surface area contributed by atoms with Crippen LogP contribution in [0.1, 0.15) is 36.1 Å². The molecule has 5 rings (SSSR count). The predicted molar refractivity (Wildman–Crippen MR) is 110 cm³/mol. The van der Waals surface area contributed by atoms with Crippen molar-refractivity contribution in [2.45, 2.75) is 44.6 Å². The molecular weight excluding hydrogens is 380 g/mol. The molecule has 3 aliphatic rings. The lowest BCUT2D eigenvalue weighted by molar-refractivity contribution is 0.200. The molecule has 0 N–H and O–H groups in total. The number of aryl methyl sites for hydroxylation is 2. The third-order valence-corrected chi connectivity index (χ3v) is 9.27. The molecule has 0 unspecified atom stereocenters. The lowest BCUT2D eigenvalue weighted by Crippen LogP contribution is -2.51. The average molecular weight is 407 g/mol. The molecule has 1 aliphatic carbocycles. The maximum Gasteiger partial charge on any atom is 0.151 e. The molecule has 4 heterocycles. The number of sulfone groups is 1. The fraction of sp³-hybridized carbons (Fsp3) is 0.684. The highest BCUT2D eigenvalue weighted by Crippen LogP contribution is 2.39. The molecule has 0 radical (unpaired) electrons. The van der Waals surface area contributed by atoms with Crippen molar-refractivity contribution in [1.82, 2.24) is 14.9 Å². The van der Waals surface area contributed by atoms with Gasteiger partial charge in [0.2, 0.25) is 0 Å². The minimum atomic E-state index is -2.82. The molecule has 146 valence electrons. The monoisotopic (exact) mass is 406 g/mol. The Kier molecular flexibility index (Phi) is 4.60. The van der Waals surface area contributed by atoms with E-state index in [0.29, 0.717) is 11.5 Å². The topological polar surface area (TPSA) is 66.4 Å². The highest BCUT2D eigenvalue weighted by molar-refractivity contribution is 7.91. The van der Waals surface area contributed by atoms with Crippen LogP contribution in [0.2, 0.25) is 0 Å². The largest absolute Gasteiger partial charge is 0.353 e. The van der Waals surface area contributed by atoms with E-state index in [1.54, 1.807) is 6.33 Å². The van der Waals surface area contributed by atoms with Gasteiger partial charge in [-0.3, -0.25) is 4.90 Å². The standard InChI is InChI=1S/C19H26N4O2S2/c24-27(25)11-6-14(12-27)22-7-9-23(10-8-22)18-17-15-4-2-1-3-5-16(15)26-19(17)21-13-20-18/h13-14H,1-12H2/t14-/m0/s1. The van der Waals surface area contributed by atoms with E-state index in [9.17, 15) is 8.42 Å². The molecule has 27 heavy (non-hydrogen) atoms. The van der Waals surface area contributed by atoms with Crippen LogP contribution in [0.4, 0.5) is 5.82 Å². The van der Waals surface area contributed by atoms with Crippen LogP contribution < -0.4 is 4.90 Å². The quantitative estimate of drug-likeness (QED) is 0.713. The Morgan fingerprint density at radius 2 is 1.85 bits per heavy atom. The fourth-order valence-electron chi connectivity index (χ4n) is 4.85. The third kappa shape index (κ3) is 3.36. The van der Waals surface area contributed by atoms with Gasteiger partial charge in [0.1, 0.15) is 17.0 Å². The highest BCUT2D eigenvalue weighted by atomic mass is 32.2. The van der Waals surface area contributed by atoms with Gasteiger partial charge in [-0.15, -0.1) is 11.3 Å². The highest BCUT2D eigenvalue weighted by Gasteiger charge is 2.34.